The second-order valence-corrected chi connectivity index (χ2v) is 6.11. The van der Waals surface area contributed by atoms with Gasteiger partial charge in [0, 0.05) is 26.2 Å². The molecule has 0 radical (unpaired) electrons. The first-order chi connectivity index (χ1) is 13.2. The number of carbonyl (C=O) groups excluding carboxylic acids is 1. The van der Waals surface area contributed by atoms with E-state index in [0.29, 0.717) is 49.6 Å². The maximum atomic E-state index is 11.8. The summed E-state index contributed by atoms with van der Waals surface area (Å²) in [4.78, 5) is 22.1. The first-order valence-corrected chi connectivity index (χ1v) is 9.03. The number of furan rings is 1. The Kier molecular flexibility index (Phi) is 8.54. The van der Waals surface area contributed by atoms with E-state index < -0.39 is 0 Å². The van der Waals surface area contributed by atoms with Crippen molar-refractivity contribution >= 4 is 36.0 Å². The fraction of sp³-hybridized carbons (Fsp3) is 0.529. The molecule has 2 aromatic heterocycles. The van der Waals surface area contributed by atoms with Crippen LogP contribution < -0.4 is 10.6 Å². The van der Waals surface area contributed by atoms with Crippen molar-refractivity contribution in [3.8, 4) is 11.6 Å². The highest BCUT2D eigenvalue weighted by Crippen LogP contribution is 2.14. The Bertz CT molecular complexity index is 755. The second-order valence-electron chi connectivity index (χ2n) is 6.11. The van der Waals surface area contributed by atoms with Gasteiger partial charge in [-0.1, -0.05) is 0 Å². The van der Waals surface area contributed by atoms with Crippen LogP contribution in [0.15, 0.2) is 27.8 Å². The van der Waals surface area contributed by atoms with Crippen molar-refractivity contribution in [2.45, 2.75) is 32.4 Å². The molecule has 28 heavy (non-hydrogen) atoms. The molecule has 0 aliphatic carbocycles. The fourth-order valence-corrected chi connectivity index (χ4v) is 2.87. The summed E-state index contributed by atoms with van der Waals surface area (Å²) in [5.74, 6) is 2.50. The number of guanidine groups is 1. The van der Waals surface area contributed by atoms with Crippen LogP contribution in [0.3, 0.4) is 0 Å². The van der Waals surface area contributed by atoms with Crippen LogP contribution in [0.5, 0.6) is 0 Å². The molecule has 1 aliphatic rings. The van der Waals surface area contributed by atoms with Crippen LogP contribution in [0, 0.1) is 0 Å². The van der Waals surface area contributed by atoms with Crippen molar-refractivity contribution in [1.82, 2.24) is 30.7 Å². The van der Waals surface area contributed by atoms with Gasteiger partial charge in [0.25, 0.3) is 0 Å². The third-order valence-electron chi connectivity index (χ3n) is 4.28. The Morgan fingerprint density at radius 3 is 2.89 bits per heavy atom. The predicted molar refractivity (Wildman–Crippen MR) is 114 cm³/mol. The van der Waals surface area contributed by atoms with E-state index in [-0.39, 0.29) is 36.1 Å². The maximum absolute atomic E-state index is 11.8. The third-order valence-corrected chi connectivity index (χ3v) is 4.28. The lowest BCUT2D eigenvalue weighted by atomic mass is 10.1. The summed E-state index contributed by atoms with van der Waals surface area (Å²) in [6, 6.07) is 3.85. The molecule has 3 rings (SSSR count). The molecule has 0 unspecified atom stereocenters. The Balaban J connectivity index is 0.00000280. The van der Waals surface area contributed by atoms with Gasteiger partial charge in [-0.3, -0.25) is 10.1 Å². The number of halogens is 1. The minimum absolute atomic E-state index is 0. The second kappa shape index (κ2) is 10.9. The van der Waals surface area contributed by atoms with Crippen molar-refractivity contribution in [3.05, 3.63) is 24.2 Å². The highest BCUT2D eigenvalue weighted by Gasteiger charge is 2.24. The SMILES string of the molecule is CCOC(=O)N1CCC(NC(=NC)NCc2nc(-c3ccco3)n[nH]2)CC1.I. The van der Waals surface area contributed by atoms with Gasteiger partial charge in [-0.2, -0.15) is 0 Å². The van der Waals surface area contributed by atoms with Crippen molar-refractivity contribution < 1.29 is 13.9 Å². The molecule has 0 spiro atoms. The van der Waals surface area contributed by atoms with Gasteiger partial charge in [0.1, 0.15) is 5.82 Å². The highest BCUT2D eigenvalue weighted by molar-refractivity contribution is 14.0. The normalized spacial score (nSPS) is 15.1. The van der Waals surface area contributed by atoms with Gasteiger partial charge in [-0.15, -0.1) is 29.1 Å². The summed E-state index contributed by atoms with van der Waals surface area (Å²) in [5.41, 5.74) is 0. The van der Waals surface area contributed by atoms with Crippen LogP contribution in [-0.2, 0) is 11.3 Å². The Morgan fingerprint density at radius 1 is 1.46 bits per heavy atom. The number of likely N-dealkylation sites (tertiary alicyclic amines) is 1. The van der Waals surface area contributed by atoms with Gasteiger partial charge in [-0.05, 0) is 31.9 Å². The predicted octanol–water partition coefficient (Wildman–Crippen LogP) is 1.97. The summed E-state index contributed by atoms with van der Waals surface area (Å²) >= 11 is 0. The van der Waals surface area contributed by atoms with E-state index in [1.807, 2.05) is 13.0 Å². The Hall–Kier alpha value is -2.31. The number of nitrogens with zero attached hydrogens (tertiary/aromatic N) is 4. The molecule has 1 fully saturated rings. The molecule has 3 N–H and O–H groups in total. The fourth-order valence-electron chi connectivity index (χ4n) is 2.87. The van der Waals surface area contributed by atoms with Crippen LogP contribution in [-0.4, -0.2) is 64.9 Å². The van der Waals surface area contributed by atoms with E-state index in [1.54, 1.807) is 24.3 Å². The minimum atomic E-state index is -0.240. The van der Waals surface area contributed by atoms with Crippen molar-refractivity contribution in [2.24, 2.45) is 4.99 Å². The van der Waals surface area contributed by atoms with Crippen LogP contribution in [0.4, 0.5) is 4.79 Å². The summed E-state index contributed by atoms with van der Waals surface area (Å²) in [6.45, 7) is 4.00. The van der Waals surface area contributed by atoms with Crippen LogP contribution in [0.1, 0.15) is 25.6 Å². The largest absolute Gasteiger partial charge is 0.461 e. The molecule has 154 valence electrons. The number of aliphatic imine (C=N–C) groups is 1. The lowest BCUT2D eigenvalue weighted by Crippen LogP contribution is -2.49. The van der Waals surface area contributed by atoms with Gasteiger partial charge in [0.2, 0.25) is 5.82 Å². The van der Waals surface area contributed by atoms with E-state index in [9.17, 15) is 4.79 Å². The van der Waals surface area contributed by atoms with Crippen molar-refractivity contribution in [3.63, 3.8) is 0 Å². The molecule has 2 aromatic rings. The van der Waals surface area contributed by atoms with Gasteiger partial charge >= 0.3 is 6.09 Å². The summed E-state index contributed by atoms with van der Waals surface area (Å²) < 4.78 is 10.3. The number of H-pyrrole nitrogens is 1. The molecule has 0 atom stereocenters. The number of carbonyl (C=O) groups is 1. The van der Waals surface area contributed by atoms with E-state index in [1.165, 1.54) is 0 Å². The molecule has 3 heterocycles. The number of piperidine rings is 1. The molecular formula is C17H26IN7O3. The minimum Gasteiger partial charge on any atom is -0.461 e. The zero-order valence-electron chi connectivity index (χ0n) is 16.0. The van der Waals surface area contributed by atoms with Gasteiger partial charge in [-0.25, -0.2) is 9.78 Å². The molecule has 0 bridgehead atoms. The van der Waals surface area contributed by atoms with Crippen LogP contribution >= 0.6 is 24.0 Å². The highest BCUT2D eigenvalue weighted by atomic mass is 127. The maximum Gasteiger partial charge on any atom is 0.409 e. The Labute approximate surface area is 180 Å². The lowest BCUT2D eigenvalue weighted by molar-refractivity contribution is 0.0963. The molecule has 0 saturated carbocycles. The zero-order chi connectivity index (χ0) is 19.1. The van der Waals surface area contributed by atoms with E-state index in [0.717, 1.165) is 12.8 Å². The van der Waals surface area contributed by atoms with Crippen LogP contribution in [0.2, 0.25) is 0 Å². The van der Waals surface area contributed by atoms with E-state index >= 15 is 0 Å². The standard InChI is InChI=1S/C17H25N7O3.HI/c1-3-26-17(25)24-8-6-12(7-9-24)20-16(18-2)19-11-14-21-15(23-22-14)13-5-4-10-27-13;/h4-5,10,12H,3,6-9,11H2,1-2H3,(H2,18,19,20)(H,21,22,23);1H. The average molecular weight is 503 g/mol. The number of ether oxygens (including phenoxy) is 1. The number of amides is 1. The summed E-state index contributed by atoms with van der Waals surface area (Å²) in [7, 11) is 1.72. The first-order valence-electron chi connectivity index (χ1n) is 9.03. The number of hydrogen-bond acceptors (Lipinski definition) is 6. The number of rotatable bonds is 5. The Morgan fingerprint density at radius 2 is 2.25 bits per heavy atom. The monoisotopic (exact) mass is 503 g/mol. The number of aromatic amines is 1. The number of hydrogen-bond donors (Lipinski definition) is 3. The smallest absolute Gasteiger partial charge is 0.409 e. The first kappa shape index (κ1) is 22.0. The molecule has 11 heteroatoms. The average Bonchev–Trinajstić information content (AvgIpc) is 3.37. The lowest BCUT2D eigenvalue weighted by Gasteiger charge is -2.32. The topological polar surface area (TPSA) is 121 Å². The van der Waals surface area contributed by atoms with Crippen molar-refractivity contribution in [2.75, 3.05) is 26.7 Å². The summed E-state index contributed by atoms with van der Waals surface area (Å²) in [5, 5.41) is 13.6. The molecule has 10 nitrogen and oxygen atoms in total. The van der Waals surface area contributed by atoms with Gasteiger partial charge in [0.15, 0.2) is 11.7 Å². The third kappa shape index (κ3) is 5.84. The summed E-state index contributed by atoms with van der Waals surface area (Å²) in [6.07, 6.45) is 3.02. The number of aromatic nitrogens is 3. The van der Waals surface area contributed by atoms with E-state index in [4.69, 9.17) is 9.15 Å². The van der Waals surface area contributed by atoms with E-state index in [2.05, 4.69) is 30.8 Å². The number of nitrogens with one attached hydrogen (secondary N) is 3. The molecule has 0 aromatic carbocycles. The van der Waals surface area contributed by atoms with Gasteiger partial charge < -0.3 is 24.7 Å². The molecule has 1 saturated heterocycles. The van der Waals surface area contributed by atoms with Crippen molar-refractivity contribution in [1.29, 1.82) is 0 Å². The molecule has 1 amide bonds. The van der Waals surface area contributed by atoms with Crippen LogP contribution in [0.25, 0.3) is 11.6 Å². The van der Waals surface area contributed by atoms with Gasteiger partial charge in [0.05, 0.1) is 19.4 Å². The quantitative estimate of drug-likeness (QED) is 0.324. The zero-order valence-corrected chi connectivity index (χ0v) is 18.3. The molecule has 1 aliphatic heterocycles. The molecular weight excluding hydrogens is 477 g/mol.